The van der Waals surface area contributed by atoms with Gasteiger partial charge in [-0.2, -0.15) is 0 Å². The minimum absolute atomic E-state index is 0.0533. The Hall–Kier alpha value is -2.50. The molecule has 0 aliphatic rings. The summed E-state index contributed by atoms with van der Waals surface area (Å²) in [6.07, 6.45) is 1.27. The molecule has 0 saturated heterocycles. The number of esters is 1. The maximum atomic E-state index is 10.8. The van der Waals surface area contributed by atoms with Gasteiger partial charge in [-0.1, -0.05) is 6.58 Å². The molecule has 1 aromatic rings. The van der Waals surface area contributed by atoms with Gasteiger partial charge in [-0.3, -0.25) is 14.9 Å². The lowest BCUT2D eigenvalue weighted by Gasteiger charge is -2.01. The zero-order valence-electron chi connectivity index (χ0n) is 8.08. The summed E-state index contributed by atoms with van der Waals surface area (Å²) in [4.78, 5) is 31.2. The summed E-state index contributed by atoms with van der Waals surface area (Å²) >= 11 is 0. The summed E-state index contributed by atoms with van der Waals surface area (Å²) in [5, 5.41) is 10.5. The van der Waals surface area contributed by atoms with E-state index in [0.29, 0.717) is 6.29 Å². The molecule has 0 saturated carbocycles. The van der Waals surface area contributed by atoms with Gasteiger partial charge < -0.3 is 4.74 Å². The van der Waals surface area contributed by atoms with E-state index in [0.717, 1.165) is 18.2 Å². The number of hydrogen-bond donors (Lipinski definition) is 0. The van der Waals surface area contributed by atoms with Crippen molar-refractivity contribution < 1.29 is 19.2 Å². The van der Waals surface area contributed by atoms with Crippen molar-refractivity contribution in [1.82, 2.24) is 0 Å². The van der Waals surface area contributed by atoms with E-state index in [-0.39, 0.29) is 17.0 Å². The van der Waals surface area contributed by atoms with Crippen LogP contribution in [0.4, 0.5) is 5.69 Å². The van der Waals surface area contributed by atoms with Crippen LogP contribution in [0.25, 0.3) is 0 Å². The molecule has 0 bridgehead atoms. The lowest BCUT2D eigenvalue weighted by Crippen LogP contribution is -2.04. The number of aldehydes is 1. The minimum Gasteiger partial charge on any atom is -0.423 e. The number of nitro groups is 1. The maximum absolute atomic E-state index is 10.8. The molecule has 0 heterocycles. The van der Waals surface area contributed by atoms with Crippen LogP contribution in [0, 0.1) is 10.1 Å². The Bertz CT molecular complexity index is 466. The summed E-state index contributed by atoms with van der Waals surface area (Å²) in [6, 6.07) is 3.44. The summed E-state index contributed by atoms with van der Waals surface area (Å²) in [5.74, 6) is -0.650. The number of carbonyl (C=O) groups is 2. The van der Waals surface area contributed by atoms with Crippen molar-refractivity contribution in [3.63, 3.8) is 0 Å². The van der Waals surface area contributed by atoms with Crippen molar-refractivity contribution in [3.05, 3.63) is 46.5 Å². The Kier molecular flexibility index (Phi) is 3.49. The second kappa shape index (κ2) is 4.83. The van der Waals surface area contributed by atoms with Crippen LogP contribution in [0.3, 0.4) is 0 Å². The van der Waals surface area contributed by atoms with Crippen LogP contribution in [0.1, 0.15) is 10.4 Å². The van der Waals surface area contributed by atoms with Crippen LogP contribution in [-0.4, -0.2) is 17.2 Å². The maximum Gasteiger partial charge on any atom is 0.335 e. The molecule has 6 heteroatoms. The van der Waals surface area contributed by atoms with E-state index in [1.807, 2.05) is 0 Å². The van der Waals surface area contributed by atoms with Gasteiger partial charge in [0.05, 0.1) is 10.5 Å². The number of rotatable bonds is 4. The summed E-state index contributed by atoms with van der Waals surface area (Å²) < 4.78 is 4.70. The van der Waals surface area contributed by atoms with E-state index in [4.69, 9.17) is 4.74 Å². The first kappa shape index (κ1) is 11.6. The smallest absolute Gasteiger partial charge is 0.335 e. The molecule has 0 unspecified atom stereocenters. The van der Waals surface area contributed by atoms with E-state index in [1.54, 1.807) is 0 Å². The van der Waals surface area contributed by atoms with Crippen molar-refractivity contribution >= 4 is 17.9 Å². The monoisotopic (exact) mass is 221 g/mol. The molecule has 0 fully saturated rings. The number of nitrogens with zero attached hydrogens (tertiary/aromatic N) is 1. The summed E-state index contributed by atoms with van der Waals surface area (Å²) in [7, 11) is 0. The normalized spacial score (nSPS) is 9.25. The number of nitro benzene ring substituents is 1. The van der Waals surface area contributed by atoms with Crippen molar-refractivity contribution in [3.8, 4) is 5.75 Å². The highest BCUT2D eigenvalue weighted by atomic mass is 16.6. The van der Waals surface area contributed by atoms with Gasteiger partial charge in [0.2, 0.25) is 0 Å². The van der Waals surface area contributed by atoms with Gasteiger partial charge in [-0.25, -0.2) is 4.79 Å². The average Bonchev–Trinajstić information content (AvgIpc) is 2.28. The zero-order valence-corrected chi connectivity index (χ0v) is 8.08. The Morgan fingerprint density at radius 3 is 2.69 bits per heavy atom. The van der Waals surface area contributed by atoms with Crippen molar-refractivity contribution in [2.75, 3.05) is 0 Å². The molecule has 0 atom stereocenters. The van der Waals surface area contributed by atoms with Gasteiger partial charge in [0.1, 0.15) is 5.75 Å². The van der Waals surface area contributed by atoms with Crippen LogP contribution in [0.15, 0.2) is 30.9 Å². The first-order valence-corrected chi connectivity index (χ1v) is 4.16. The van der Waals surface area contributed by atoms with E-state index in [9.17, 15) is 19.7 Å². The molecule has 6 nitrogen and oxygen atoms in total. The largest absolute Gasteiger partial charge is 0.423 e. The van der Waals surface area contributed by atoms with Crippen LogP contribution in [-0.2, 0) is 4.79 Å². The van der Waals surface area contributed by atoms with Crippen LogP contribution in [0.2, 0.25) is 0 Å². The van der Waals surface area contributed by atoms with Gasteiger partial charge in [-0.05, 0) is 12.1 Å². The van der Waals surface area contributed by atoms with Gasteiger partial charge in [0.25, 0.3) is 5.69 Å². The van der Waals surface area contributed by atoms with Gasteiger partial charge in [-0.15, -0.1) is 0 Å². The molecule has 82 valence electrons. The second-order valence-corrected chi connectivity index (χ2v) is 2.72. The fourth-order valence-electron chi connectivity index (χ4n) is 1.01. The highest BCUT2D eigenvalue weighted by Gasteiger charge is 2.14. The molecule has 0 aliphatic carbocycles. The third kappa shape index (κ3) is 2.50. The zero-order chi connectivity index (χ0) is 12.1. The van der Waals surface area contributed by atoms with Crippen molar-refractivity contribution in [1.29, 1.82) is 0 Å². The Labute approximate surface area is 90.3 Å². The van der Waals surface area contributed by atoms with E-state index >= 15 is 0 Å². The van der Waals surface area contributed by atoms with E-state index < -0.39 is 10.9 Å². The highest BCUT2D eigenvalue weighted by molar-refractivity contribution is 5.85. The molecule has 0 spiro atoms. The lowest BCUT2D eigenvalue weighted by molar-refractivity contribution is -0.385. The fraction of sp³-hybridized carbons (Fsp3) is 0. The minimum atomic E-state index is -0.703. The quantitative estimate of drug-likeness (QED) is 0.192. The van der Waals surface area contributed by atoms with Crippen molar-refractivity contribution in [2.45, 2.75) is 0 Å². The summed E-state index contributed by atoms with van der Waals surface area (Å²) in [5.41, 5.74) is -0.493. The predicted molar refractivity (Wildman–Crippen MR) is 54.3 cm³/mol. The molecule has 0 aliphatic heterocycles. The first-order valence-electron chi connectivity index (χ1n) is 4.16. The molecule has 0 radical (unpaired) electrons. The Balaban J connectivity index is 3.08. The molecule has 1 rings (SSSR count). The molecule has 0 amide bonds. The van der Waals surface area contributed by atoms with E-state index in [1.165, 1.54) is 6.07 Å². The van der Waals surface area contributed by atoms with Gasteiger partial charge in [0.15, 0.2) is 6.29 Å². The lowest BCUT2D eigenvalue weighted by atomic mass is 10.2. The Morgan fingerprint density at radius 2 is 2.19 bits per heavy atom. The third-order valence-corrected chi connectivity index (χ3v) is 1.71. The fourth-order valence-corrected chi connectivity index (χ4v) is 1.01. The molecule has 1 aromatic carbocycles. The third-order valence-electron chi connectivity index (χ3n) is 1.71. The first-order chi connectivity index (χ1) is 7.58. The second-order valence-electron chi connectivity index (χ2n) is 2.72. The molecule has 0 aromatic heterocycles. The highest BCUT2D eigenvalue weighted by Crippen LogP contribution is 2.22. The molecule has 16 heavy (non-hydrogen) atoms. The average molecular weight is 221 g/mol. The van der Waals surface area contributed by atoms with Crippen LogP contribution in [0.5, 0.6) is 5.75 Å². The summed E-state index contributed by atoms with van der Waals surface area (Å²) in [6.45, 7) is 3.19. The van der Waals surface area contributed by atoms with Gasteiger partial charge >= 0.3 is 5.97 Å². The SMILES string of the molecule is C=CC(=O)Oc1ccc([N+](=O)[O-])c(C=O)c1. The Morgan fingerprint density at radius 1 is 1.50 bits per heavy atom. The number of carbonyl (C=O) groups excluding carboxylic acids is 2. The topological polar surface area (TPSA) is 86.5 Å². The predicted octanol–water partition coefficient (Wildman–Crippen LogP) is 1.50. The number of benzene rings is 1. The number of hydrogen-bond acceptors (Lipinski definition) is 5. The molecular weight excluding hydrogens is 214 g/mol. The molecule has 0 N–H and O–H groups in total. The van der Waals surface area contributed by atoms with E-state index in [2.05, 4.69) is 6.58 Å². The van der Waals surface area contributed by atoms with Crippen LogP contribution < -0.4 is 4.74 Å². The standard InChI is InChI=1S/C10H7NO5/c1-2-10(13)16-8-3-4-9(11(14)15)7(5-8)6-12/h2-6H,1H2. The molecular formula is C10H7NO5. The van der Waals surface area contributed by atoms with Crippen molar-refractivity contribution in [2.24, 2.45) is 0 Å². The number of ether oxygens (including phenoxy) is 1. The van der Waals surface area contributed by atoms with Crippen LogP contribution >= 0.6 is 0 Å². The van der Waals surface area contributed by atoms with Gasteiger partial charge in [0, 0.05) is 12.1 Å².